The van der Waals surface area contributed by atoms with Crippen LogP contribution in [0.5, 0.6) is 0 Å². The van der Waals surface area contributed by atoms with Crippen LogP contribution in [-0.4, -0.2) is 9.85 Å². The molecule has 0 aliphatic heterocycles. The van der Waals surface area contributed by atoms with E-state index in [-0.39, 0.29) is 18.2 Å². The second kappa shape index (κ2) is 7.46. The zero-order valence-corrected chi connectivity index (χ0v) is 13.8. The molecule has 2 aromatic rings. The number of nitro groups is 2. The van der Waals surface area contributed by atoms with Gasteiger partial charge in [0, 0.05) is 11.8 Å². The molecular formula is C15H8ClF3N4O4. The first-order chi connectivity index (χ1) is 12.6. The Hall–Kier alpha value is -3.39. The van der Waals surface area contributed by atoms with Gasteiger partial charge >= 0.3 is 17.6 Å². The van der Waals surface area contributed by atoms with Gasteiger partial charge in [0.05, 0.1) is 27.9 Å². The summed E-state index contributed by atoms with van der Waals surface area (Å²) >= 11 is 5.54. The fourth-order valence-electron chi connectivity index (χ4n) is 2.22. The molecule has 0 amide bonds. The van der Waals surface area contributed by atoms with Crippen LogP contribution in [-0.2, 0) is 12.6 Å². The maximum absolute atomic E-state index is 13.0. The Labute approximate surface area is 154 Å². The fraction of sp³-hybridized carbons (Fsp3) is 0.133. The molecule has 0 bridgehead atoms. The normalized spacial score (nSPS) is 10.9. The molecule has 27 heavy (non-hydrogen) atoms. The van der Waals surface area contributed by atoms with Gasteiger partial charge in [0.25, 0.3) is 0 Å². The lowest BCUT2D eigenvalue weighted by atomic mass is 10.1. The number of nitro benzene ring substituents is 2. The Morgan fingerprint density at radius 1 is 1.15 bits per heavy atom. The number of nitrogens with one attached hydrogen (secondary N) is 1. The molecule has 0 fully saturated rings. The molecule has 0 heterocycles. The third kappa shape index (κ3) is 4.24. The van der Waals surface area contributed by atoms with Crippen LogP contribution < -0.4 is 5.32 Å². The predicted octanol–water partition coefficient (Wildman–Crippen LogP) is 4.98. The topological polar surface area (TPSA) is 122 Å². The van der Waals surface area contributed by atoms with E-state index in [0.717, 1.165) is 0 Å². The maximum atomic E-state index is 13.0. The average Bonchev–Trinajstić information content (AvgIpc) is 2.55. The summed E-state index contributed by atoms with van der Waals surface area (Å²) < 4.78 is 39.1. The number of hydrogen-bond acceptors (Lipinski definition) is 6. The van der Waals surface area contributed by atoms with Crippen LogP contribution in [0.3, 0.4) is 0 Å². The van der Waals surface area contributed by atoms with Crippen LogP contribution in [0.2, 0.25) is 5.02 Å². The number of halogens is 4. The number of alkyl halides is 3. The number of rotatable bonds is 5. The molecule has 0 aliphatic rings. The number of benzene rings is 2. The van der Waals surface area contributed by atoms with Crippen LogP contribution in [0, 0.1) is 31.6 Å². The van der Waals surface area contributed by atoms with E-state index < -0.39 is 43.7 Å². The lowest BCUT2D eigenvalue weighted by molar-refractivity contribution is -0.392. The first-order valence-electron chi connectivity index (χ1n) is 7.01. The number of nitriles is 1. The third-order valence-electron chi connectivity index (χ3n) is 3.41. The molecule has 0 aliphatic carbocycles. The van der Waals surface area contributed by atoms with Gasteiger partial charge in [0.1, 0.15) is 5.02 Å². The Balaban J connectivity index is 2.66. The summed E-state index contributed by atoms with van der Waals surface area (Å²) in [7, 11) is 0. The van der Waals surface area contributed by atoms with Crippen LogP contribution >= 0.6 is 11.6 Å². The van der Waals surface area contributed by atoms with E-state index in [1.807, 2.05) is 6.07 Å². The van der Waals surface area contributed by atoms with Crippen molar-refractivity contribution in [3.8, 4) is 6.07 Å². The van der Waals surface area contributed by atoms with Gasteiger partial charge in [-0.1, -0.05) is 23.7 Å². The minimum Gasteiger partial charge on any atom is -0.344 e. The summed E-state index contributed by atoms with van der Waals surface area (Å²) in [6.45, 7) is 0. The Kier molecular flexibility index (Phi) is 5.51. The van der Waals surface area contributed by atoms with Gasteiger partial charge in [-0.2, -0.15) is 18.4 Å². The van der Waals surface area contributed by atoms with Crippen molar-refractivity contribution >= 4 is 34.4 Å². The average molecular weight is 401 g/mol. The van der Waals surface area contributed by atoms with E-state index in [1.165, 1.54) is 24.3 Å². The Bertz CT molecular complexity index is 956. The molecule has 2 aromatic carbocycles. The quantitative estimate of drug-likeness (QED) is 0.557. The third-order valence-corrected chi connectivity index (χ3v) is 3.79. The first kappa shape index (κ1) is 19.9. The van der Waals surface area contributed by atoms with Gasteiger partial charge in [0.2, 0.25) is 0 Å². The highest BCUT2D eigenvalue weighted by molar-refractivity contribution is 6.34. The molecule has 1 N–H and O–H groups in total. The van der Waals surface area contributed by atoms with Crippen LogP contribution in [0.1, 0.15) is 11.1 Å². The highest BCUT2D eigenvalue weighted by atomic mass is 35.5. The molecule has 12 heteroatoms. The second-order valence-corrected chi connectivity index (χ2v) is 5.53. The minimum absolute atomic E-state index is 0.0900. The van der Waals surface area contributed by atoms with Crippen molar-refractivity contribution in [1.29, 1.82) is 5.26 Å². The number of hydrogen-bond donors (Lipinski definition) is 1. The smallest absolute Gasteiger partial charge is 0.344 e. The standard InChI is InChI=1S/C15H8ClF3N4O4/c16-12-10(15(17,18)19)7-11(22(24)25)13(14(12)23(26)27)21-9-3-1-8(2-4-9)5-6-20/h1-4,7,21H,5H2. The maximum Gasteiger partial charge on any atom is 0.418 e. The summed E-state index contributed by atoms with van der Waals surface area (Å²) in [5, 5.41) is 32.2. The van der Waals surface area contributed by atoms with Gasteiger partial charge in [-0.3, -0.25) is 20.2 Å². The van der Waals surface area contributed by atoms with Crippen LogP contribution in [0.15, 0.2) is 30.3 Å². The van der Waals surface area contributed by atoms with E-state index in [9.17, 15) is 33.4 Å². The SMILES string of the molecule is N#CCc1ccc(Nc2c([N+](=O)[O-])cc(C(F)(F)F)c(Cl)c2[N+](=O)[O-])cc1. The van der Waals surface area contributed by atoms with E-state index in [0.29, 0.717) is 5.56 Å². The molecule has 0 aromatic heterocycles. The molecule has 2 rings (SSSR count). The monoisotopic (exact) mass is 400 g/mol. The highest BCUT2D eigenvalue weighted by Crippen LogP contribution is 2.48. The molecule has 0 atom stereocenters. The zero-order valence-electron chi connectivity index (χ0n) is 13.1. The highest BCUT2D eigenvalue weighted by Gasteiger charge is 2.42. The van der Waals surface area contributed by atoms with Crippen molar-refractivity contribution < 1.29 is 23.0 Å². The number of nitrogens with zero attached hydrogens (tertiary/aromatic N) is 3. The van der Waals surface area contributed by atoms with Gasteiger partial charge < -0.3 is 5.32 Å². The molecule has 0 spiro atoms. The van der Waals surface area contributed by atoms with Crippen molar-refractivity contribution in [2.75, 3.05) is 5.32 Å². The minimum atomic E-state index is -5.12. The lowest BCUT2D eigenvalue weighted by Crippen LogP contribution is -2.11. The van der Waals surface area contributed by atoms with E-state index >= 15 is 0 Å². The van der Waals surface area contributed by atoms with Gasteiger partial charge in [-0.25, -0.2) is 0 Å². The summed E-state index contributed by atoms with van der Waals surface area (Å²) in [5.41, 5.74) is -4.15. The van der Waals surface area contributed by atoms with E-state index in [1.54, 1.807) is 0 Å². The molecule has 8 nitrogen and oxygen atoms in total. The number of anilines is 2. The fourth-order valence-corrected chi connectivity index (χ4v) is 2.54. The van der Waals surface area contributed by atoms with E-state index in [2.05, 4.69) is 5.32 Å². The van der Waals surface area contributed by atoms with Crippen molar-refractivity contribution in [1.82, 2.24) is 0 Å². The molecule has 0 radical (unpaired) electrons. The van der Waals surface area contributed by atoms with E-state index in [4.69, 9.17) is 16.9 Å². The van der Waals surface area contributed by atoms with Crippen LogP contribution in [0.4, 0.5) is 35.9 Å². The molecular weight excluding hydrogens is 393 g/mol. The van der Waals surface area contributed by atoms with Gasteiger partial charge in [-0.15, -0.1) is 0 Å². The van der Waals surface area contributed by atoms with Crippen molar-refractivity contribution in [3.05, 3.63) is 66.7 Å². The zero-order chi connectivity index (χ0) is 20.4. The summed E-state index contributed by atoms with van der Waals surface area (Å²) in [6.07, 6.45) is -5.03. The Morgan fingerprint density at radius 3 is 2.19 bits per heavy atom. The van der Waals surface area contributed by atoms with Crippen LogP contribution in [0.25, 0.3) is 0 Å². The summed E-state index contributed by atoms with van der Waals surface area (Å²) in [5.74, 6) is 0. The van der Waals surface area contributed by atoms with Gasteiger partial charge in [-0.05, 0) is 17.7 Å². The van der Waals surface area contributed by atoms with Crippen molar-refractivity contribution in [2.45, 2.75) is 12.6 Å². The van der Waals surface area contributed by atoms with Crippen molar-refractivity contribution in [3.63, 3.8) is 0 Å². The van der Waals surface area contributed by atoms with Gasteiger partial charge in [0.15, 0.2) is 5.69 Å². The molecule has 0 saturated heterocycles. The van der Waals surface area contributed by atoms with Crippen molar-refractivity contribution in [2.24, 2.45) is 0 Å². The first-order valence-corrected chi connectivity index (χ1v) is 7.39. The Morgan fingerprint density at radius 2 is 1.74 bits per heavy atom. The molecule has 140 valence electrons. The second-order valence-electron chi connectivity index (χ2n) is 5.15. The molecule has 0 unspecified atom stereocenters. The lowest BCUT2D eigenvalue weighted by Gasteiger charge is -2.13. The largest absolute Gasteiger partial charge is 0.418 e. The predicted molar refractivity (Wildman–Crippen MR) is 88.8 cm³/mol. The molecule has 0 saturated carbocycles. The summed E-state index contributed by atoms with van der Waals surface area (Å²) in [6, 6.07) is 7.74. The summed E-state index contributed by atoms with van der Waals surface area (Å²) in [4.78, 5) is 20.1.